The number of thiazole rings is 1. The Hall–Kier alpha value is -2.09. The van der Waals surface area contributed by atoms with Crippen molar-refractivity contribution in [1.29, 1.82) is 0 Å². The molecule has 1 heterocycles. The lowest BCUT2D eigenvalue weighted by atomic mass is 10.2. The highest BCUT2D eigenvalue weighted by molar-refractivity contribution is 9.10. The van der Waals surface area contributed by atoms with Gasteiger partial charge in [0.15, 0.2) is 5.75 Å². The molecule has 0 unspecified atom stereocenters. The number of rotatable bonds is 7. The van der Waals surface area contributed by atoms with Crippen LogP contribution in [0.25, 0.3) is 0 Å². The molecule has 0 saturated carbocycles. The number of aromatic nitrogens is 1. The van der Waals surface area contributed by atoms with Crippen molar-refractivity contribution >= 4 is 50.5 Å². The van der Waals surface area contributed by atoms with Crippen LogP contribution in [0.1, 0.15) is 23.0 Å². The van der Waals surface area contributed by atoms with E-state index >= 15 is 0 Å². The third-order valence-electron chi connectivity index (χ3n) is 3.51. The summed E-state index contributed by atoms with van der Waals surface area (Å²) in [5, 5.41) is 5.25. The van der Waals surface area contributed by atoms with E-state index < -0.39 is 0 Å². The van der Waals surface area contributed by atoms with Crippen LogP contribution in [0.4, 0.5) is 5.69 Å². The van der Waals surface area contributed by atoms with Crippen LogP contribution in [0.5, 0.6) is 11.5 Å². The summed E-state index contributed by atoms with van der Waals surface area (Å²) in [5.74, 6) is 0.836. The van der Waals surface area contributed by atoms with Crippen molar-refractivity contribution in [2.24, 2.45) is 0 Å². The first kappa shape index (κ1) is 19.7. The Morgan fingerprint density at radius 2 is 2.15 bits per heavy atom. The molecule has 0 aliphatic heterocycles. The zero-order valence-electron chi connectivity index (χ0n) is 14.4. The summed E-state index contributed by atoms with van der Waals surface area (Å²) in [5.41, 5.74) is 3.56. The van der Waals surface area contributed by atoms with Gasteiger partial charge in [-0.05, 0) is 53.2 Å². The number of benzene rings is 2. The Kier molecular flexibility index (Phi) is 6.71. The molecular formula is C19H16BrClN2O3S. The molecule has 0 spiro atoms. The number of amides is 1. The first-order chi connectivity index (χ1) is 13.1. The topological polar surface area (TPSA) is 60.5 Å². The van der Waals surface area contributed by atoms with Gasteiger partial charge < -0.3 is 14.8 Å². The fourth-order valence-corrected chi connectivity index (χ4v) is 3.80. The molecule has 1 amide bonds. The van der Waals surface area contributed by atoms with Gasteiger partial charge in [0, 0.05) is 16.0 Å². The standard InChI is InChI=1S/C19H16BrClN2O3S/c1-2-25-18-16(20)7-13(21)8-17(18)23-19(24)12-4-3-5-15(6-12)26-9-14-10-27-11-22-14/h3-8,10-11H,2,9H2,1H3,(H,23,24). The molecule has 1 aromatic heterocycles. The Bertz CT molecular complexity index is 935. The molecule has 8 heteroatoms. The Balaban J connectivity index is 1.75. The molecule has 2 aromatic carbocycles. The molecule has 3 aromatic rings. The van der Waals surface area contributed by atoms with E-state index in [-0.39, 0.29) is 5.91 Å². The van der Waals surface area contributed by atoms with Gasteiger partial charge in [0.2, 0.25) is 0 Å². The number of hydrogen-bond donors (Lipinski definition) is 1. The minimum Gasteiger partial charge on any atom is -0.491 e. The van der Waals surface area contributed by atoms with Crippen LogP contribution in [0.2, 0.25) is 5.02 Å². The summed E-state index contributed by atoms with van der Waals surface area (Å²) in [6.07, 6.45) is 0. The molecule has 0 radical (unpaired) electrons. The van der Waals surface area contributed by atoms with Crippen molar-refractivity contribution in [3.05, 3.63) is 68.0 Å². The SMILES string of the molecule is CCOc1c(Br)cc(Cl)cc1NC(=O)c1cccc(OCc2cscn2)c1. The van der Waals surface area contributed by atoms with Crippen molar-refractivity contribution < 1.29 is 14.3 Å². The maximum Gasteiger partial charge on any atom is 0.255 e. The minimum atomic E-state index is -0.288. The number of halogens is 2. The van der Waals surface area contributed by atoms with E-state index in [0.29, 0.717) is 45.5 Å². The van der Waals surface area contributed by atoms with Gasteiger partial charge in [-0.1, -0.05) is 17.7 Å². The van der Waals surface area contributed by atoms with Crippen molar-refractivity contribution in [3.63, 3.8) is 0 Å². The number of anilines is 1. The summed E-state index contributed by atoms with van der Waals surface area (Å²) in [7, 11) is 0. The van der Waals surface area contributed by atoms with Crippen molar-refractivity contribution in [2.45, 2.75) is 13.5 Å². The number of carbonyl (C=O) groups excluding carboxylic acids is 1. The van der Waals surface area contributed by atoms with Crippen LogP contribution in [0, 0.1) is 0 Å². The lowest BCUT2D eigenvalue weighted by Gasteiger charge is -2.14. The first-order valence-corrected chi connectivity index (χ1v) is 10.2. The molecule has 0 aliphatic carbocycles. The number of carbonyl (C=O) groups is 1. The predicted molar refractivity (Wildman–Crippen MR) is 111 cm³/mol. The summed E-state index contributed by atoms with van der Waals surface area (Å²) in [6, 6.07) is 10.3. The van der Waals surface area contributed by atoms with Crippen molar-refractivity contribution in [1.82, 2.24) is 4.98 Å². The molecule has 3 rings (SSSR count). The summed E-state index contributed by atoms with van der Waals surface area (Å²) in [4.78, 5) is 16.9. The van der Waals surface area contributed by atoms with E-state index in [1.165, 1.54) is 11.3 Å². The maximum atomic E-state index is 12.7. The zero-order chi connectivity index (χ0) is 19.2. The smallest absolute Gasteiger partial charge is 0.255 e. The predicted octanol–water partition coefficient (Wildman–Crippen LogP) is 5.79. The fourth-order valence-electron chi connectivity index (χ4n) is 2.33. The van der Waals surface area contributed by atoms with Gasteiger partial charge in [-0.25, -0.2) is 4.98 Å². The first-order valence-electron chi connectivity index (χ1n) is 8.10. The van der Waals surface area contributed by atoms with Gasteiger partial charge in [-0.15, -0.1) is 11.3 Å². The second-order valence-corrected chi connectivity index (χ2v) is 7.46. The van der Waals surface area contributed by atoms with E-state index in [2.05, 4.69) is 26.2 Å². The lowest BCUT2D eigenvalue weighted by Crippen LogP contribution is -2.13. The van der Waals surface area contributed by atoms with Gasteiger partial charge in [0.25, 0.3) is 5.91 Å². The third-order valence-corrected chi connectivity index (χ3v) is 4.95. The fraction of sp³-hybridized carbons (Fsp3) is 0.158. The molecule has 140 valence electrons. The largest absolute Gasteiger partial charge is 0.491 e. The number of nitrogens with zero attached hydrogens (tertiary/aromatic N) is 1. The highest BCUT2D eigenvalue weighted by Gasteiger charge is 2.14. The Morgan fingerprint density at radius 1 is 1.30 bits per heavy atom. The van der Waals surface area contributed by atoms with Gasteiger partial charge in [-0.3, -0.25) is 4.79 Å². The summed E-state index contributed by atoms with van der Waals surface area (Å²) < 4.78 is 12.0. The highest BCUT2D eigenvalue weighted by Crippen LogP contribution is 2.37. The second kappa shape index (κ2) is 9.21. The van der Waals surface area contributed by atoms with E-state index in [9.17, 15) is 4.79 Å². The Labute approximate surface area is 174 Å². The molecule has 0 saturated heterocycles. The van der Waals surface area contributed by atoms with Crippen molar-refractivity contribution in [2.75, 3.05) is 11.9 Å². The van der Waals surface area contributed by atoms with Crippen LogP contribution in [-0.2, 0) is 6.61 Å². The van der Waals surface area contributed by atoms with Gasteiger partial charge >= 0.3 is 0 Å². The van der Waals surface area contributed by atoms with E-state index in [1.807, 2.05) is 12.3 Å². The van der Waals surface area contributed by atoms with Crippen LogP contribution in [-0.4, -0.2) is 17.5 Å². The van der Waals surface area contributed by atoms with E-state index in [0.717, 1.165) is 5.69 Å². The Morgan fingerprint density at radius 3 is 2.89 bits per heavy atom. The normalized spacial score (nSPS) is 10.5. The van der Waals surface area contributed by atoms with Gasteiger partial charge in [0.1, 0.15) is 12.4 Å². The minimum absolute atomic E-state index is 0.288. The zero-order valence-corrected chi connectivity index (χ0v) is 17.5. The number of hydrogen-bond acceptors (Lipinski definition) is 5. The number of ether oxygens (including phenoxy) is 2. The third kappa shape index (κ3) is 5.22. The monoisotopic (exact) mass is 466 g/mol. The lowest BCUT2D eigenvalue weighted by molar-refractivity contribution is 0.102. The molecule has 1 N–H and O–H groups in total. The average molecular weight is 468 g/mol. The maximum absolute atomic E-state index is 12.7. The van der Waals surface area contributed by atoms with Gasteiger partial charge in [-0.2, -0.15) is 0 Å². The van der Waals surface area contributed by atoms with Crippen LogP contribution in [0.3, 0.4) is 0 Å². The van der Waals surface area contributed by atoms with Crippen LogP contribution >= 0.6 is 38.9 Å². The molecule has 0 aliphatic rings. The molecule has 0 fully saturated rings. The molecule has 27 heavy (non-hydrogen) atoms. The average Bonchev–Trinajstić information content (AvgIpc) is 3.16. The number of nitrogens with one attached hydrogen (secondary N) is 1. The van der Waals surface area contributed by atoms with Gasteiger partial charge in [0.05, 0.1) is 28.0 Å². The van der Waals surface area contributed by atoms with E-state index in [4.69, 9.17) is 21.1 Å². The highest BCUT2D eigenvalue weighted by atomic mass is 79.9. The molecular weight excluding hydrogens is 452 g/mol. The summed E-state index contributed by atoms with van der Waals surface area (Å²) in [6.45, 7) is 2.68. The molecule has 0 atom stereocenters. The second-order valence-electron chi connectivity index (χ2n) is 5.45. The summed E-state index contributed by atoms with van der Waals surface area (Å²) >= 11 is 11.0. The van der Waals surface area contributed by atoms with Crippen molar-refractivity contribution in [3.8, 4) is 11.5 Å². The van der Waals surface area contributed by atoms with Crippen LogP contribution in [0.15, 0.2) is 51.8 Å². The molecule has 0 bridgehead atoms. The molecule has 5 nitrogen and oxygen atoms in total. The van der Waals surface area contributed by atoms with Crippen LogP contribution < -0.4 is 14.8 Å². The van der Waals surface area contributed by atoms with E-state index in [1.54, 1.807) is 41.9 Å². The quantitative estimate of drug-likeness (QED) is 0.478.